The van der Waals surface area contributed by atoms with Gasteiger partial charge in [0.1, 0.15) is 0 Å². The molecule has 0 heterocycles. The highest BCUT2D eigenvalue weighted by molar-refractivity contribution is 14.1. The van der Waals surface area contributed by atoms with Gasteiger partial charge in [-0.25, -0.2) is 0 Å². The zero-order valence-corrected chi connectivity index (χ0v) is 24.9. The molecule has 0 N–H and O–H groups in total. The van der Waals surface area contributed by atoms with Gasteiger partial charge in [0, 0.05) is 13.2 Å². The van der Waals surface area contributed by atoms with Crippen LogP contribution in [0.15, 0.2) is 0 Å². The van der Waals surface area contributed by atoms with E-state index in [0.717, 1.165) is 32.5 Å². The lowest BCUT2D eigenvalue weighted by Gasteiger charge is -2.09. The summed E-state index contributed by atoms with van der Waals surface area (Å²) in [7, 11) is 0. The molecule has 0 rings (SSSR count). The van der Waals surface area contributed by atoms with Gasteiger partial charge in [0.15, 0.2) is 0 Å². The topological polar surface area (TPSA) is 83.1 Å². The highest BCUT2D eigenvalue weighted by Gasteiger charge is 1.96. The Morgan fingerprint density at radius 2 is 0.556 bits per heavy atom. The Balaban J connectivity index is 3.00. The molecule has 0 saturated heterocycles. The van der Waals surface area contributed by atoms with Crippen LogP contribution >= 0.6 is 22.6 Å². The Kier molecular flexibility index (Phi) is 35.7. The van der Waals surface area contributed by atoms with E-state index >= 15 is 0 Å². The van der Waals surface area contributed by atoms with Crippen molar-refractivity contribution in [2.24, 2.45) is 0 Å². The molecule has 10 heteroatoms. The summed E-state index contributed by atoms with van der Waals surface area (Å²) in [6, 6.07) is 0. The van der Waals surface area contributed by atoms with E-state index in [2.05, 4.69) is 29.5 Å². The summed E-state index contributed by atoms with van der Waals surface area (Å²) in [5, 5.41) is 0. The zero-order valence-electron chi connectivity index (χ0n) is 22.7. The van der Waals surface area contributed by atoms with Gasteiger partial charge >= 0.3 is 0 Å². The van der Waals surface area contributed by atoms with Gasteiger partial charge in [0.25, 0.3) is 0 Å². The largest absolute Gasteiger partial charge is 0.379 e. The molecular weight excluding hydrogens is 583 g/mol. The normalized spacial score (nSPS) is 11.5. The molecule has 0 aliphatic heterocycles. The molecule has 218 valence electrons. The number of alkyl halides is 1. The van der Waals surface area contributed by atoms with E-state index in [1.54, 1.807) is 0 Å². The Morgan fingerprint density at radius 1 is 0.306 bits per heavy atom. The summed E-state index contributed by atoms with van der Waals surface area (Å²) >= 11 is 2.42. The fourth-order valence-electron chi connectivity index (χ4n) is 2.76. The number of hydrogen-bond donors (Lipinski definition) is 0. The summed E-state index contributed by atoms with van der Waals surface area (Å²) < 4.78 is 50.5. The van der Waals surface area contributed by atoms with E-state index in [-0.39, 0.29) is 0 Å². The molecule has 0 aliphatic carbocycles. The van der Waals surface area contributed by atoms with Crippen LogP contribution < -0.4 is 0 Å². The second-order valence-electron chi connectivity index (χ2n) is 7.97. The van der Waals surface area contributed by atoms with E-state index in [0.29, 0.717) is 106 Å². The average Bonchev–Trinajstić information content (AvgIpc) is 2.89. The van der Waals surface area contributed by atoms with Crippen molar-refractivity contribution in [1.82, 2.24) is 0 Å². The minimum atomic E-state index is 0.542. The van der Waals surface area contributed by atoms with Crippen LogP contribution in [-0.2, 0) is 42.6 Å². The second kappa shape index (κ2) is 35.4. The molecule has 0 aromatic rings. The summed E-state index contributed by atoms with van der Waals surface area (Å²) in [4.78, 5) is 0. The number of rotatable bonds is 33. The van der Waals surface area contributed by atoms with Gasteiger partial charge in [-0.2, -0.15) is 0 Å². The Hall–Kier alpha value is 0.370. The monoisotopic (exact) mass is 636 g/mol. The van der Waals surface area contributed by atoms with Crippen molar-refractivity contribution in [2.75, 3.05) is 123 Å². The van der Waals surface area contributed by atoms with Gasteiger partial charge in [0.2, 0.25) is 0 Å². The third-order valence-electron chi connectivity index (χ3n) is 4.79. The average molecular weight is 637 g/mol. The number of ether oxygens (including phenoxy) is 9. The van der Waals surface area contributed by atoms with Crippen LogP contribution in [0.25, 0.3) is 0 Å². The summed E-state index contributed by atoms with van der Waals surface area (Å²) in [6.45, 7) is 13.0. The third kappa shape index (κ3) is 34.4. The molecule has 0 aromatic carbocycles. The molecular formula is C26H53IO9. The molecule has 0 spiro atoms. The predicted molar refractivity (Wildman–Crippen MR) is 150 cm³/mol. The Bertz CT molecular complexity index is 347. The van der Waals surface area contributed by atoms with Crippen molar-refractivity contribution in [2.45, 2.75) is 45.4 Å². The lowest BCUT2D eigenvalue weighted by Crippen LogP contribution is -2.15. The standard InChI is InChI=1S/C26H53IO9/c1-2-3-9-28-11-13-30-15-17-32-19-21-34-23-25-36-26-24-35-22-20-33-18-16-31-14-12-29-10-7-5-4-6-8-27/h2-26H2,1H3. The van der Waals surface area contributed by atoms with E-state index in [9.17, 15) is 0 Å². The smallest absolute Gasteiger partial charge is 0.0701 e. The molecule has 0 bridgehead atoms. The first kappa shape index (κ1) is 36.4. The molecule has 0 amide bonds. The van der Waals surface area contributed by atoms with Gasteiger partial charge in [0.05, 0.1) is 106 Å². The van der Waals surface area contributed by atoms with Gasteiger partial charge in [-0.05, 0) is 23.7 Å². The summed E-state index contributed by atoms with van der Waals surface area (Å²) in [5.41, 5.74) is 0. The maximum atomic E-state index is 5.55. The Morgan fingerprint density at radius 3 is 0.833 bits per heavy atom. The first-order chi connectivity index (χ1) is 17.9. The SMILES string of the molecule is CCCCOCCOCCOCCOCCOCCOCCOCCOCCOCCCCCCI. The fourth-order valence-corrected chi connectivity index (χ4v) is 3.30. The second-order valence-corrected chi connectivity index (χ2v) is 9.05. The number of unbranched alkanes of at least 4 members (excludes halogenated alkanes) is 4. The minimum Gasteiger partial charge on any atom is -0.379 e. The van der Waals surface area contributed by atoms with Crippen LogP contribution in [-0.4, -0.2) is 123 Å². The third-order valence-corrected chi connectivity index (χ3v) is 5.55. The maximum Gasteiger partial charge on any atom is 0.0701 e. The summed E-state index contributed by atoms with van der Waals surface area (Å²) in [6.07, 6.45) is 7.26. The first-order valence-electron chi connectivity index (χ1n) is 13.7. The highest BCUT2D eigenvalue weighted by Crippen LogP contribution is 2.02. The first-order valence-corrected chi connectivity index (χ1v) is 15.2. The fraction of sp³-hybridized carbons (Fsp3) is 1.00. The quantitative estimate of drug-likeness (QED) is 0.0605. The van der Waals surface area contributed by atoms with Crippen molar-refractivity contribution in [3.8, 4) is 0 Å². The minimum absolute atomic E-state index is 0.542. The van der Waals surface area contributed by atoms with Gasteiger partial charge in [-0.15, -0.1) is 0 Å². The Labute approximate surface area is 233 Å². The van der Waals surface area contributed by atoms with E-state index in [1.165, 1.54) is 23.7 Å². The van der Waals surface area contributed by atoms with Crippen molar-refractivity contribution in [1.29, 1.82) is 0 Å². The maximum absolute atomic E-state index is 5.55. The van der Waals surface area contributed by atoms with Crippen LogP contribution in [0.2, 0.25) is 0 Å². The number of halogens is 1. The highest BCUT2D eigenvalue weighted by atomic mass is 127. The number of hydrogen-bond acceptors (Lipinski definition) is 9. The van der Waals surface area contributed by atoms with Crippen molar-refractivity contribution in [3.05, 3.63) is 0 Å². The molecule has 0 atom stereocenters. The molecule has 9 nitrogen and oxygen atoms in total. The van der Waals surface area contributed by atoms with Crippen LogP contribution in [0.3, 0.4) is 0 Å². The van der Waals surface area contributed by atoms with Crippen molar-refractivity contribution in [3.63, 3.8) is 0 Å². The van der Waals surface area contributed by atoms with Crippen molar-refractivity contribution < 1.29 is 42.6 Å². The van der Waals surface area contributed by atoms with Gasteiger partial charge in [-0.3, -0.25) is 0 Å². The predicted octanol–water partition coefficient (Wildman–Crippen LogP) is 3.93. The molecule has 0 aliphatic rings. The van der Waals surface area contributed by atoms with Crippen LogP contribution in [0.1, 0.15) is 45.4 Å². The van der Waals surface area contributed by atoms with Gasteiger partial charge in [-0.1, -0.05) is 48.8 Å². The van der Waals surface area contributed by atoms with Crippen LogP contribution in [0.5, 0.6) is 0 Å². The molecule has 0 saturated carbocycles. The zero-order chi connectivity index (χ0) is 26.0. The molecule has 0 fully saturated rings. The van der Waals surface area contributed by atoms with E-state index in [4.69, 9.17) is 42.6 Å². The molecule has 36 heavy (non-hydrogen) atoms. The van der Waals surface area contributed by atoms with Crippen molar-refractivity contribution >= 4 is 22.6 Å². The van der Waals surface area contributed by atoms with Crippen LogP contribution in [0.4, 0.5) is 0 Å². The van der Waals surface area contributed by atoms with E-state index in [1.807, 2.05) is 0 Å². The lowest BCUT2D eigenvalue weighted by molar-refractivity contribution is -0.0250. The van der Waals surface area contributed by atoms with E-state index < -0.39 is 0 Å². The molecule has 0 radical (unpaired) electrons. The lowest BCUT2D eigenvalue weighted by atomic mass is 10.2. The molecule has 0 aromatic heterocycles. The van der Waals surface area contributed by atoms with Gasteiger partial charge < -0.3 is 42.6 Å². The summed E-state index contributed by atoms with van der Waals surface area (Å²) in [5.74, 6) is 0. The van der Waals surface area contributed by atoms with Crippen LogP contribution in [0, 0.1) is 0 Å². The molecule has 0 unspecified atom stereocenters.